The van der Waals surface area contributed by atoms with Crippen LogP contribution >= 0.6 is 0 Å². The van der Waals surface area contributed by atoms with Gasteiger partial charge in [0.1, 0.15) is 6.61 Å². The lowest BCUT2D eigenvalue weighted by atomic mass is 9.81. The average Bonchev–Trinajstić information content (AvgIpc) is 2.46. The smallest absolute Gasteiger partial charge is 0.325 e. The SMILES string of the molecule is O=C(O)[C@@]1(C(=O)OCc2ccccc2)CCCNC1. The van der Waals surface area contributed by atoms with Gasteiger partial charge in [0.2, 0.25) is 0 Å². The van der Waals surface area contributed by atoms with E-state index >= 15 is 0 Å². The van der Waals surface area contributed by atoms with Crippen molar-refractivity contribution in [1.29, 1.82) is 0 Å². The summed E-state index contributed by atoms with van der Waals surface area (Å²) in [6.07, 6.45) is 0.982. The second kappa shape index (κ2) is 5.84. The van der Waals surface area contributed by atoms with Gasteiger partial charge in [-0.2, -0.15) is 0 Å². The van der Waals surface area contributed by atoms with Gasteiger partial charge in [0.05, 0.1) is 0 Å². The van der Waals surface area contributed by atoms with Crippen LogP contribution in [0.15, 0.2) is 30.3 Å². The normalized spacial score (nSPS) is 22.7. The van der Waals surface area contributed by atoms with E-state index in [2.05, 4.69) is 5.32 Å². The first-order valence-electron chi connectivity index (χ1n) is 6.30. The molecule has 19 heavy (non-hydrogen) atoms. The summed E-state index contributed by atoms with van der Waals surface area (Å²) in [7, 11) is 0. The molecular formula is C14H17NO4. The summed E-state index contributed by atoms with van der Waals surface area (Å²) in [6, 6.07) is 9.23. The molecule has 1 atom stereocenters. The minimum absolute atomic E-state index is 0.106. The van der Waals surface area contributed by atoms with Crippen molar-refractivity contribution in [3.8, 4) is 0 Å². The van der Waals surface area contributed by atoms with Crippen molar-refractivity contribution < 1.29 is 19.4 Å². The van der Waals surface area contributed by atoms with E-state index in [0.717, 1.165) is 12.1 Å². The number of carboxylic acid groups (broad SMARTS) is 1. The molecule has 1 fully saturated rings. The van der Waals surface area contributed by atoms with Crippen molar-refractivity contribution in [1.82, 2.24) is 5.32 Å². The minimum Gasteiger partial charge on any atom is -0.480 e. The van der Waals surface area contributed by atoms with E-state index in [9.17, 15) is 14.7 Å². The fourth-order valence-corrected chi connectivity index (χ4v) is 2.21. The fourth-order valence-electron chi connectivity index (χ4n) is 2.21. The molecule has 0 bridgehead atoms. The molecule has 1 saturated heterocycles. The van der Waals surface area contributed by atoms with Crippen LogP contribution in [0.1, 0.15) is 18.4 Å². The number of ether oxygens (including phenoxy) is 1. The zero-order valence-electron chi connectivity index (χ0n) is 10.6. The van der Waals surface area contributed by atoms with Crippen LogP contribution in [0.5, 0.6) is 0 Å². The molecule has 2 rings (SSSR count). The predicted molar refractivity (Wildman–Crippen MR) is 68.4 cm³/mol. The van der Waals surface area contributed by atoms with Gasteiger partial charge < -0.3 is 15.2 Å². The fraction of sp³-hybridized carbons (Fsp3) is 0.429. The summed E-state index contributed by atoms with van der Waals surface area (Å²) in [4.78, 5) is 23.5. The Morgan fingerprint density at radius 1 is 1.32 bits per heavy atom. The second-order valence-electron chi connectivity index (χ2n) is 4.73. The molecule has 0 spiro atoms. The number of aliphatic carboxylic acids is 1. The quantitative estimate of drug-likeness (QED) is 0.630. The third-order valence-electron chi connectivity index (χ3n) is 3.40. The summed E-state index contributed by atoms with van der Waals surface area (Å²) < 4.78 is 5.17. The first kappa shape index (κ1) is 13.5. The number of esters is 1. The highest BCUT2D eigenvalue weighted by Gasteiger charge is 2.48. The van der Waals surface area contributed by atoms with Crippen LogP contribution in [0.3, 0.4) is 0 Å². The zero-order chi connectivity index (χ0) is 13.7. The Balaban J connectivity index is 2.02. The first-order chi connectivity index (χ1) is 9.15. The van der Waals surface area contributed by atoms with Crippen molar-refractivity contribution in [2.45, 2.75) is 19.4 Å². The number of carboxylic acids is 1. The van der Waals surface area contributed by atoms with Crippen LogP contribution < -0.4 is 5.32 Å². The van der Waals surface area contributed by atoms with Crippen LogP contribution in [0.4, 0.5) is 0 Å². The molecule has 2 N–H and O–H groups in total. The van der Waals surface area contributed by atoms with Crippen molar-refractivity contribution in [2.24, 2.45) is 5.41 Å². The molecule has 0 saturated carbocycles. The lowest BCUT2D eigenvalue weighted by molar-refractivity contribution is -0.171. The third kappa shape index (κ3) is 2.93. The van der Waals surface area contributed by atoms with Gasteiger partial charge in [-0.15, -0.1) is 0 Å². The van der Waals surface area contributed by atoms with Gasteiger partial charge in [-0.1, -0.05) is 30.3 Å². The highest BCUT2D eigenvalue weighted by Crippen LogP contribution is 2.28. The lowest BCUT2D eigenvalue weighted by Gasteiger charge is -2.31. The summed E-state index contributed by atoms with van der Waals surface area (Å²) in [5.41, 5.74) is -0.590. The highest BCUT2D eigenvalue weighted by molar-refractivity contribution is 5.99. The topological polar surface area (TPSA) is 75.6 Å². The molecule has 0 aromatic heterocycles. The van der Waals surface area contributed by atoms with Gasteiger partial charge in [0, 0.05) is 6.54 Å². The molecule has 1 heterocycles. The maximum Gasteiger partial charge on any atom is 0.325 e. The molecule has 1 aliphatic heterocycles. The van der Waals surface area contributed by atoms with Crippen molar-refractivity contribution in [3.63, 3.8) is 0 Å². The molecule has 0 amide bonds. The zero-order valence-corrected chi connectivity index (χ0v) is 10.6. The molecule has 5 nitrogen and oxygen atoms in total. The van der Waals surface area contributed by atoms with E-state index in [0.29, 0.717) is 12.8 Å². The summed E-state index contributed by atoms with van der Waals surface area (Å²) in [5, 5.41) is 12.3. The molecule has 5 heteroatoms. The number of benzene rings is 1. The first-order valence-corrected chi connectivity index (χ1v) is 6.30. The summed E-state index contributed by atoms with van der Waals surface area (Å²) in [6.45, 7) is 0.978. The van der Waals surface area contributed by atoms with Gasteiger partial charge >= 0.3 is 11.9 Å². The Morgan fingerprint density at radius 3 is 2.63 bits per heavy atom. The minimum atomic E-state index is -1.44. The van der Waals surface area contributed by atoms with E-state index in [-0.39, 0.29) is 13.2 Å². The summed E-state index contributed by atoms with van der Waals surface area (Å²) >= 11 is 0. The Kier molecular flexibility index (Phi) is 4.16. The Morgan fingerprint density at radius 2 is 2.05 bits per heavy atom. The van der Waals surface area contributed by atoms with Crippen LogP contribution in [0.25, 0.3) is 0 Å². The molecule has 1 aromatic rings. The lowest BCUT2D eigenvalue weighted by Crippen LogP contribution is -2.51. The van der Waals surface area contributed by atoms with Gasteiger partial charge in [-0.05, 0) is 24.9 Å². The van der Waals surface area contributed by atoms with E-state index in [1.807, 2.05) is 30.3 Å². The molecule has 0 radical (unpaired) electrons. The predicted octanol–water partition coefficient (Wildman–Crippen LogP) is 1.18. The van der Waals surface area contributed by atoms with Gasteiger partial charge in [-0.3, -0.25) is 9.59 Å². The highest BCUT2D eigenvalue weighted by atomic mass is 16.5. The largest absolute Gasteiger partial charge is 0.480 e. The second-order valence-corrected chi connectivity index (χ2v) is 4.73. The molecule has 1 aromatic carbocycles. The van der Waals surface area contributed by atoms with Gasteiger partial charge in [-0.25, -0.2) is 0 Å². The molecule has 0 unspecified atom stereocenters. The summed E-state index contributed by atoms with van der Waals surface area (Å²) in [5.74, 6) is -1.77. The number of rotatable bonds is 4. The van der Waals surface area contributed by atoms with E-state index in [1.165, 1.54) is 0 Å². The molecule has 0 aliphatic carbocycles. The van der Waals surface area contributed by atoms with Crippen molar-refractivity contribution in [2.75, 3.05) is 13.1 Å². The van der Waals surface area contributed by atoms with E-state index in [1.54, 1.807) is 0 Å². The number of nitrogens with one attached hydrogen (secondary N) is 1. The maximum atomic E-state index is 12.1. The van der Waals surface area contributed by atoms with Gasteiger partial charge in [0.25, 0.3) is 0 Å². The van der Waals surface area contributed by atoms with Gasteiger partial charge in [0.15, 0.2) is 5.41 Å². The van der Waals surface area contributed by atoms with Crippen molar-refractivity contribution >= 4 is 11.9 Å². The number of hydrogen-bond acceptors (Lipinski definition) is 4. The van der Waals surface area contributed by atoms with E-state index < -0.39 is 17.4 Å². The van der Waals surface area contributed by atoms with Crippen LogP contribution in [-0.4, -0.2) is 30.1 Å². The standard InChI is InChI=1S/C14H17NO4/c16-12(17)14(7-4-8-15-10-14)13(18)19-9-11-5-2-1-3-6-11/h1-3,5-6,15H,4,7-10H2,(H,16,17)/t14-/m1/s1. The third-order valence-corrected chi connectivity index (χ3v) is 3.40. The van der Waals surface area contributed by atoms with Crippen LogP contribution in [0, 0.1) is 5.41 Å². The number of piperidine rings is 1. The number of hydrogen-bond donors (Lipinski definition) is 2. The Labute approximate surface area is 111 Å². The van der Waals surface area contributed by atoms with E-state index in [4.69, 9.17) is 4.74 Å². The monoisotopic (exact) mass is 263 g/mol. The Bertz CT molecular complexity index is 452. The number of carbonyl (C=O) groups excluding carboxylic acids is 1. The maximum absolute atomic E-state index is 12.1. The van der Waals surface area contributed by atoms with Crippen LogP contribution in [-0.2, 0) is 20.9 Å². The average molecular weight is 263 g/mol. The van der Waals surface area contributed by atoms with Crippen molar-refractivity contribution in [3.05, 3.63) is 35.9 Å². The molecular weight excluding hydrogens is 246 g/mol. The Hall–Kier alpha value is -1.88. The molecule has 1 aliphatic rings. The van der Waals surface area contributed by atoms with Crippen LogP contribution in [0.2, 0.25) is 0 Å². The number of carbonyl (C=O) groups is 2. The molecule has 102 valence electrons.